The minimum atomic E-state index is -4.04. The Balaban J connectivity index is 1.67. The third-order valence-electron chi connectivity index (χ3n) is 3.64. The monoisotopic (exact) mass is 265 g/mol. The van der Waals surface area contributed by atoms with Crippen molar-refractivity contribution in [1.29, 1.82) is 0 Å². The van der Waals surface area contributed by atoms with Crippen molar-refractivity contribution >= 4 is 10.8 Å². The van der Waals surface area contributed by atoms with Crippen LogP contribution in [-0.4, -0.2) is 24.2 Å². The van der Waals surface area contributed by atoms with Crippen molar-refractivity contribution in [3.05, 3.63) is 48.0 Å². The first-order valence-electron chi connectivity index (χ1n) is 6.29. The Morgan fingerprint density at radius 1 is 1.00 bits per heavy atom. The molecule has 2 aromatic rings. The van der Waals surface area contributed by atoms with Crippen LogP contribution >= 0.6 is 0 Å². The van der Waals surface area contributed by atoms with E-state index < -0.39 is 12.1 Å². The van der Waals surface area contributed by atoms with Crippen molar-refractivity contribution in [3.8, 4) is 0 Å². The molecule has 1 aliphatic rings. The molecule has 0 unspecified atom stereocenters. The molecule has 1 heterocycles. The van der Waals surface area contributed by atoms with Gasteiger partial charge in [0.1, 0.15) is 0 Å². The van der Waals surface area contributed by atoms with E-state index in [2.05, 4.69) is 6.07 Å². The van der Waals surface area contributed by atoms with Gasteiger partial charge in [-0.1, -0.05) is 36.4 Å². The highest BCUT2D eigenvalue weighted by molar-refractivity contribution is 5.82. The fraction of sp³-hybridized carbons (Fsp3) is 0.333. The lowest BCUT2D eigenvalue weighted by molar-refractivity contribution is -0.210. The molecule has 0 radical (unpaired) electrons. The topological polar surface area (TPSA) is 3.24 Å². The lowest BCUT2D eigenvalue weighted by Gasteiger charge is -2.40. The number of fused-ring (bicyclic) bond motifs is 1. The fourth-order valence-corrected chi connectivity index (χ4v) is 2.50. The normalized spacial score (nSPS) is 17.6. The van der Waals surface area contributed by atoms with Gasteiger partial charge in [0.2, 0.25) is 0 Å². The predicted molar refractivity (Wildman–Crippen MR) is 68.8 cm³/mol. The van der Waals surface area contributed by atoms with Crippen LogP contribution in [0, 0.1) is 5.92 Å². The summed E-state index contributed by atoms with van der Waals surface area (Å²) in [5, 5.41) is 2.29. The predicted octanol–water partition coefficient (Wildman–Crippen LogP) is 3.83. The fourth-order valence-electron chi connectivity index (χ4n) is 2.50. The summed E-state index contributed by atoms with van der Waals surface area (Å²) >= 11 is 0. The molecule has 3 rings (SSSR count). The molecule has 0 aromatic heterocycles. The van der Waals surface area contributed by atoms with Crippen molar-refractivity contribution in [2.75, 3.05) is 13.1 Å². The van der Waals surface area contributed by atoms with E-state index in [9.17, 15) is 13.2 Å². The third kappa shape index (κ3) is 2.59. The molecule has 1 fully saturated rings. The molecule has 100 valence electrons. The maximum absolute atomic E-state index is 12.4. The number of hydrogen-bond donors (Lipinski definition) is 0. The Labute approximate surface area is 109 Å². The number of alkyl halides is 3. The Morgan fingerprint density at radius 3 is 2.37 bits per heavy atom. The summed E-state index contributed by atoms with van der Waals surface area (Å²) in [6.07, 6.45) is -4.04. The van der Waals surface area contributed by atoms with Gasteiger partial charge in [-0.05, 0) is 22.4 Å². The molecule has 0 N–H and O–H groups in total. The standard InChI is InChI=1S/C15H14F3N/c16-15(17,18)14-9-19(10-14)8-11-5-6-12-3-1-2-4-13(12)7-11/h1-7,14H,8-10H2. The van der Waals surface area contributed by atoms with E-state index in [4.69, 9.17) is 0 Å². The zero-order valence-electron chi connectivity index (χ0n) is 10.3. The quantitative estimate of drug-likeness (QED) is 0.797. The van der Waals surface area contributed by atoms with Crippen molar-refractivity contribution in [3.63, 3.8) is 0 Å². The molecule has 0 spiro atoms. The van der Waals surface area contributed by atoms with Gasteiger partial charge in [0.25, 0.3) is 0 Å². The molecule has 0 aliphatic carbocycles. The van der Waals surface area contributed by atoms with Gasteiger partial charge >= 0.3 is 6.18 Å². The molecular formula is C15H14F3N. The summed E-state index contributed by atoms with van der Waals surface area (Å²) in [4.78, 5) is 1.84. The lowest BCUT2D eigenvalue weighted by atomic mass is 9.98. The molecule has 4 heteroatoms. The van der Waals surface area contributed by atoms with E-state index in [1.54, 1.807) is 0 Å². The average molecular weight is 265 g/mol. The highest BCUT2D eigenvalue weighted by Gasteiger charge is 2.46. The number of hydrogen-bond acceptors (Lipinski definition) is 1. The van der Waals surface area contributed by atoms with Gasteiger partial charge in [-0.3, -0.25) is 4.90 Å². The van der Waals surface area contributed by atoms with Gasteiger partial charge in [0.15, 0.2) is 0 Å². The van der Waals surface area contributed by atoms with Crippen LogP contribution in [0.3, 0.4) is 0 Å². The summed E-state index contributed by atoms with van der Waals surface area (Å²) in [5.41, 5.74) is 1.07. The van der Waals surface area contributed by atoms with Crippen LogP contribution < -0.4 is 0 Å². The van der Waals surface area contributed by atoms with E-state index in [1.165, 1.54) is 0 Å². The minimum absolute atomic E-state index is 0.121. The highest BCUT2D eigenvalue weighted by Crippen LogP contribution is 2.34. The molecule has 0 saturated carbocycles. The molecule has 19 heavy (non-hydrogen) atoms. The molecule has 2 aromatic carbocycles. The van der Waals surface area contributed by atoms with Gasteiger partial charge in [-0.15, -0.1) is 0 Å². The Morgan fingerprint density at radius 2 is 1.68 bits per heavy atom. The second-order valence-electron chi connectivity index (χ2n) is 5.11. The molecule has 1 aliphatic heterocycles. The van der Waals surface area contributed by atoms with Crippen LogP contribution in [0.1, 0.15) is 5.56 Å². The summed E-state index contributed by atoms with van der Waals surface area (Å²) in [6, 6.07) is 14.1. The van der Waals surface area contributed by atoms with Gasteiger partial charge in [0.05, 0.1) is 5.92 Å². The first-order valence-corrected chi connectivity index (χ1v) is 6.29. The third-order valence-corrected chi connectivity index (χ3v) is 3.64. The van der Waals surface area contributed by atoms with E-state index in [0.29, 0.717) is 6.54 Å². The molecule has 1 nitrogen and oxygen atoms in total. The van der Waals surface area contributed by atoms with Crippen molar-refractivity contribution < 1.29 is 13.2 Å². The largest absolute Gasteiger partial charge is 0.394 e. The lowest BCUT2D eigenvalue weighted by Crippen LogP contribution is -2.52. The summed E-state index contributed by atoms with van der Waals surface area (Å²) < 4.78 is 37.2. The first kappa shape index (κ1) is 12.5. The van der Waals surface area contributed by atoms with Crippen molar-refractivity contribution in [2.45, 2.75) is 12.7 Å². The van der Waals surface area contributed by atoms with Crippen molar-refractivity contribution in [2.24, 2.45) is 5.92 Å². The van der Waals surface area contributed by atoms with Crippen LogP contribution in [0.25, 0.3) is 10.8 Å². The van der Waals surface area contributed by atoms with Crippen molar-refractivity contribution in [1.82, 2.24) is 4.90 Å². The molecule has 1 saturated heterocycles. The van der Waals surface area contributed by atoms with Crippen LogP contribution in [0.15, 0.2) is 42.5 Å². The van der Waals surface area contributed by atoms with Gasteiger partial charge < -0.3 is 0 Å². The number of benzene rings is 2. The van der Waals surface area contributed by atoms with E-state index >= 15 is 0 Å². The van der Waals surface area contributed by atoms with E-state index in [0.717, 1.165) is 16.3 Å². The number of halogens is 3. The van der Waals surface area contributed by atoms with E-state index in [-0.39, 0.29) is 13.1 Å². The summed E-state index contributed by atoms with van der Waals surface area (Å²) in [5.74, 6) is -1.15. The number of rotatable bonds is 2. The van der Waals surface area contributed by atoms with Crippen LogP contribution in [0.2, 0.25) is 0 Å². The van der Waals surface area contributed by atoms with E-state index in [1.807, 2.05) is 41.3 Å². The summed E-state index contributed by atoms with van der Waals surface area (Å²) in [6.45, 7) is 0.837. The second kappa shape index (κ2) is 4.53. The average Bonchev–Trinajstić information content (AvgIpc) is 2.31. The van der Waals surface area contributed by atoms with Crippen LogP contribution in [0.5, 0.6) is 0 Å². The zero-order chi connectivity index (χ0) is 13.5. The Kier molecular flexibility index (Phi) is 2.97. The Hall–Kier alpha value is -1.55. The first-order chi connectivity index (χ1) is 9.02. The molecule has 0 atom stereocenters. The maximum atomic E-state index is 12.4. The van der Waals surface area contributed by atoms with Crippen LogP contribution in [-0.2, 0) is 6.54 Å². The molecule has 0 amide bonds. The maximum Gasteiger partial charge on any atom is 0.394 e. The zero-order valence-corrected chi connectivity index (χ0v) is 10.3. The smallest absolute Gasteiger partial charge is 0.298 e. The van der Waals surface area contributed by atoms with Gasteiger partial charge in [-0.2, -0.15) is 13.2 Å². The number of nitrogens with zero attached hydrogens (tertiary/aromatic N) is 1. The van der Waals surface area contributed by atoms with Gasteiger partial charge in [0, 0.05) is 19.6 Å². The second-order valence-corrected chi connectivity index (χ2v) is 5.11. The van der Waals surface area contributed by atoms with Crippen LogP contribution in [0.4, 0.5) is 13.2 Å². The molecular weight excluding hydrogens is 251 g/mol. The SMILES string of the molecule is FC(F)(F)C1CN(Cc2ccc3ccccc3c2)C1. The number of likely N-dealkylation sites (tertiary alicyclic amines) is 1. The summed E-state index contributed by atoms with van der Waals surface area (Å²) in [7, 11) is 0. The Bertz CT molecular complexity index is 585. The minimum Gasteiger partial charge on any atom is -0.298 e. The van der Waals surface area contributed by atoms with Gasteiger partial charge in [-0.25, -0.2) is 0 Å². The molecule has 0 bridgehead atoms. The highest BCUT2D eigenvalue weighted by atomic mass is 19.4.